The fraction of sp³-hybridized carbons (Fsp3) is 0.125. The number of hydrogen-bond acceptors (Lipinski definition) is 3. The van der Waals surface area contributed by atoms with E-state index in [1.165, 1.54) is 0 Å². The van der Waals surface area contributed by atoms with Gasteiger partial charge < -0.3 is 0 Å². The molecule has 6 heteroatoms. The highest BCUT2D eigenvalue weighted by Crippen LogP contribution is 2.25. The molecule has 0 fully saturated rings. The molecule has 0 amide bonds. The lowest BCUT2D eigenvalue weighted by Gasteiger charge is -2.04. The zero-order valence-corrected chi connectivity index (χ0v) is 8.83. The highest BCUT2D eigenvalue weighted by molar-refractivity contribution is 14.1. The van der Waals surface area contributed by atoms with Gasteiger partial charge in [0, 0.05) is 6.20 Å². The van der Waals surface area contributed by atoms with Gasteiger partial charge in [0.2, 0.25) is 0 Å². The number of carbonyl (C=O) groups excluding carboxylic acids is 1. The summed E-state index contributed by atoms with van der Waals surface area (Å²) in [6.07, 6.45) is -1.52. The first-order valence-corrected chi connectivity index (χ1v) is 4.51. The Morgan fingerprint density at radius 1 is 1.64 bits per heavy atom. The van der Waals surface area contributed by atoms with Gasteiger partial charge in [0.1, 0.15) is 9.77 Å². The second kappa shape index (κ2) is 4.41. The van der Waals surface area contributed by atoms with Crippen molar-refractivity contribution in [2.45, 2.75) is 6.43 Å². The predicted octanol–water partition coefficient (Wildman–Crippen LogP) is 2.31. The monoisotopic (exact) mass is 308 g/mol. The molecule has 0 saturated heterocycles. The molecule has 0 aliphatic rings. The van der Waals surface area contributed by atoms with Crippen LogP contribution in [0.15, 0.2) is 6.20 Å². The van der Waals surface area contributed by atoms with E-state index in [1.807, 2.05) is 0 Å². The standard InChI is InChI=1S/C8H3F2IN2O/c9-7(10)5-2-13-8(11)6(3-14)4(5)1-12/h2-3,7H. The Hall–Kier alpha value is -1.10. The summed E-state index contributed by atoms with van der Waals surface area (Å²) in [7, 11) is 0. The molecule has 0 N–H and O–H groups in total. The second-order valence-corrected chi connectivity index (χ2v) is 3.35. The van der Waals surface area contributed by atoms with Gasteiger partial charge in [0.25, 0.3) is 6.43 Å². The molecule has 0 unspecified atom stereocenters. The van der Waals surface area contributed by atoms with Crippen LogP contribution in [-0.4, -0.2) is 11.3 Å². The first kappa shape index (κ1) is 11.0. The average molecular weight is 308 g/mol. The molecule has 1 rings (SSSR count). The van der Waals surface area contributed by atoms with Gasteiger partial charge >= 0.3 is 0 Å². The Morgan fingerprint density at radius 3 is 2.71 bits per heavy atom. The van der Waals surface area contributed by atoms with Gasteiger partial charge in [-0.05, 0) is 22.6 Å². The topological polar surface area (TPSA) is 53.8 Å². The van der Waals surface area contributed by atoms with Gasteiger partial charge in [0.05, 0.1) is 16.7 Å². The normalized spacial score (nSPS) is 9.93. The molecule has 72 valence electrons. The molecule has 0 aromatic carbocycles. The maximum atomic E-state index is 12.4. The van der Waals surface area contributed by atoms with E-state index in [0.29, 0.717) is 6.29 Å². The van der Waals surface area contributed by atoms with Crippen LogP contribution < -0.4 is 0 Å². The number of halogens is 3. The smallest absolute Gasteiger partial charge is 0.266 e. The Labute approximate surface area is 91.9 Å². The van der Waals surface area contributed by atoms with Crippen molar-refractivity contribution in [1.82, 2.24) is 4.98 Å². The van der Waals surface area contributed by atoms with Gasteiger partial charge in [-0.1, -0.05) is 0 Å². The minimum atomic E-state index is -2.80. The highest BCUT2D eigenvalue weighted by atomic mass is 127. The number of rotatable bonds is 2. The maximum absolute atomic E-state index is 12.4. The molecule has 0 spiro atoms. The van der Waals surface area contributed by atoms with Crippen LogP contribution >= 0.6 is 22.6 Å². The Kier molecular flexibility index (Phi) is 3.46. The molecular weight excluding hydrogens is 305 g/mol. The number of hydrogen-bond donors (Lipinski definition) is 0. The third-order valence-corrected chi connectivity index (χ3v) is 2.42. The number of alkyl halides is 2. The molecule has 0 aliphatic heterocycles. The summed E-state index contributed by atoms with van der Waals surface area (Å²) in [5.41, 5.74) is -0.879. The molecule has 0 aliphatic carbocycles. The van der Waals surface area contributed by atoms with Crippen LogP contribution in [0.5, 0.6) is 0 Å². The third-order valence-electron chi connectivity index (χ3n) is 1.56. The SMILES string of the molecule is N#Cc1c(C(F)F)cnc(I)c1C=O. The van der Waals surface area contributed by atoms with E-state index in [2.05, 4.69) is 4.98 Å². The average Bonchev–Trinajstić information content (AvgIpc) is 2.16. The molecule has 14 heavy (non-hydrogen) atoms. The molecule has 0 bridgehead atoms. The van der Waals surface area contributed by atoms with Crippen molar-refractivity contribution in [2.24, 2.45) is 0 Å². The van der Waals surface area contributed by atoms with E-state index in [4.69, 9.17) is 5.26 Å². The molecule has 0 radical (unpaired) electrons. The van der Waals surface area contributed by atoms with E-state index in [1.54, 1.807) is 28.7 Å². The Bertz CT molecular complexity index is 415. The number of carbonyl (C=O) groups is 1. The van der Waals surface area contributed by atoms with Crippen molar-refractivity contribution in [1.29, 1.82) is 5.26 Å². The fourth-order valence-electron chi connectivity index (χ4n) is 0.917. The summed E-state index contributed by atoms with van der Waals surface area (Å²) in [5, 5.41) is 8.63. The van der Waals surface area contributed by atoms with E-state index >= 15 is 0 Å². The molecule has 1 heterocycles. The highest BCUT2D eigenvalue weighted by Gasteiger charge is 2.18. The molecule has 1 aromatic rings. The first-order chi connectivity index (χ1) is 6.61. The number of nitriles is 1. The molecule has 1 aromatic heterocycles. The van der Waals surface area contributed by atoms with E-state index in [9.17, 15) is 13.6 Å². The van der Waals surface area contributed by atoms with E-state index < -0.39 is 12.0 Å². The largest absolute Gasteiger partial charge is 0.298 e. The lowest BCUT2D eigenvalue weighted by Crippen LogP contribution is -2.01. The molecule has 0 atom stereocenters. The van der Waals surface area contributed by atoms with Crippen LogP contribution in [0.2, 0.25) is 0 Å². The zero-order valence-electron chi connectivity index (χ0n) is 6.67. The summed E-state index contributed by atoms with van der Waals surface area (Å²) in [5.74, 6) is 0. The predicted molar refractivity (Wildman–Crippen MR) is 52.0 cm³/mol. The Balaban J connectivity index is 3.50. The van der Waals surface area contributed by atoms with Crippen molar-refractivity contribution in [2.75, 3.05) is 0 Å². The number of aromatic nitrogens is 1. The van der Waals surface area contributed by atoms with Crippen molar-refractivity contribution < 1.29 is 13.6 Å². The number of aldehydes is 1. The van der Waals surface area contributed by atoms with Crippen LogP contribution in [0.4, 0.5) is 8.78 Å². The maximum Gasteiger partial charge on any atom is 0.266 e. The number of pyridine rings is 1. The lowest BCUT2D eigenvalue weighted by molar-refractivity contribution is 0.112. The summed E-state index contributed by atoms with van der Waals surface area (Å²) < 4.78 is 25.0. The lowest BCUT2D eigenvalue weighted by atomic mass is 10.1. The minimum Gasteiger partial charge on any atom is -0.298 e. The van der Waals surface area contributed by atoms with Crippen LogP contribution in [0, 0.1) is 15.0 Å². The van der Waals surface area contributed by atoms with Gasteiger partial charge in [-0.25, -0.2) is 13.8 Å². The quantitative estimate of drug-likeness (QED) is 0.478. The first-order valence-electron chi connectivity index (χ1n) is 3.43. The van der Waals surface area contributed by atoms with Gasteiger partial charge in [-0.15, -0.1) is 0 Å². The van der Waals surface area contributed by atoms with Gasteiger partial charge in [0.15, 0.2) is 6.29 Å². The van der Waals surface area contributed by atoms with Crippen LogP contribution in [0.3, 0.4) is 0 Å². The molecule has 3 nitrogen and oxygen atoms in total. The van der Waals surface area contributed by atoms with Crippen molar-refractivity contribution in [3.05, 3.63) is 26.6 Å². The second-order valence-electron chi connectivity index (χ2n) is 2.32. The molecular formula is C8H3F2IN2O. The van der Waals surface area contributed by atoms with Gasteiger partial charge in [-0.2, -0.15) is 5.26 Å². The van der Waals surface area contributed by atoms with Crippen molar-refractivity contribution in [3.8, 4) is 6.07 Å². The van der Waals surface area contributed by atoms with Gasteiger partial charge in [-0.3, -0.25) is 4.79 Å². The van der Waals surface area contributed by atoms with E-state index in [0.717, 1.165) is 6.20 Å². The fourth-order valence-corrected chi connectivity index (χ4v) is 1.45. The van der Waals surface area contributed by atoms with Crippen molar-refractivity contribution >= 4 is 28.9 Å². The summed E-state index contributed by atoms with van der Waals surface area (Å²) in [4.78, 5) is 14.1. The third kappa shape index (κ3) is 1.87. The van der Waals surface area contributed by atoms with Crippen LogP contribution in [0.25, 0.3) is 0 Å². The van der Waals surface area contributed by atoms with Crippen LogP contribution in [-0.2, 0) is 0 Å². The summed E-state index contributed by atoms with van der Waals surface area (Å²) >= 11 is 1.71. The van der Waals surface area contributed by atoms with Crippen LogP contribution in [0.1, 0.15) is 27.9 Å². The minimum absolute atomic E-state index is 0.0779. The van der Waals surface area contributed by atoms with Crippen molar-refractivity contribution in [3.63, 3.8) is 0 Å². The number of nitrogens with zero attached hydrogens (tertiary/aromatic N) is 2. The molecule has 0 saturated carbocycles. The Morgan fingerprint density at radius 2 is 2.29 bits per heavy atom. The summed E-state index contributed by atoms with van der Waals surface area (Å²) in [6, 6.07) is 1.58. The summed E-state index contributed by atoms with van der Waals surface area (Å²) in [6.45, 7) is 0. The van der Waals surface area contributed by atoms with E-state index in [-0.39, 0.29) is 14.8 Å². The zero-order chi connectivity index (χ0) is 10.7.